The van der Waals surface area contributed by atoms with E-state index in [2.05, 4.69) is 4.72 Å². The van der Waals surface area contributed by atoms with Gasteiger partial charge in [-0.2, -0.15) is 17.4 Å². The molecule has 1 rings (SSSR count). The summed E-state index contributed by atoms with van der Waals surface area (Å²) in [4.78, 5) is 0. The van der Waals surface area contributed by atoms with E-state index in [9.17, 15) is 13.5 Å². The van der Waals surface area contributed by atoms with Crippen LogP contribution < -0.4 is 4.72 Å². The Morgan fingerprint density at radius 1 is 1.25 bits per heavy atom. The molecule has 0 spiro atoms. The average Bonchev–Trinajstić information content (AvgIpc) is 2.22. The van der Waals surface area contributed by atoms with E-state index in [1.165, 1.54) is 4.31 Å². The topological polar surface area (TPSA) is 69.6 Å². The lowest BCUT2D eigenvalue weighted by Gasteiger charge is -2.30. The van der Waals surface area contributed by atoms with Gasteiger partial charge in [0.1, 0.15) is 0 Å². The highest BCUT2D eigenvalue weighted by atomic mass is 32.2. The molecule has 0 radical (unpaired) electrons. The van der Waals surface area contributed by atoms with Crippen molar-refractivity contribution in [3.63, 3.8) is 0 Å². The fraction of sp³-hybridized carbons (Fsp3) is 1.00. The minimum atomic E-state index is -3.43. The van der Waals surface area contributed by atoms with E-state index in [0.29, 0.717) is 19.5 Å². The molecule has 0 heterocycles. The minimum Gasteiger partial charge on any atom is -0.391 e. The van der Waals surface area contributed by atoms with Gasteiger partial charge in [0.15, 0.2) is 0 Å². The lowest BCUT2D eigenvalue weighted by atomic mass is 9.93. The van der Waals surface area contributed by atoms with Crippen molar-refractivity contribution in [2.75, 3.05) is 13.1 Å². The van der Waals surface area contributed by atoms with Gasteiger partial charge in [-0.1, -0.05) is 26.7 Å². The van der Waals surface area contributed by atoms with Crippen LogP contribution in [0, 0.1) is 0 Å². The molecular weight excluding hydrogens is 228 g/mol. The summed E-state index contributed by atoms with van der Waals surface area (Å²) in [6.07, 6.45) is 2.82. The highest BCUT2D eigenvalue weighted by Crippen LogP contribution is 2.19. The molecule has 0 bridgehead atoms. The molecule has 0 saturated heterocycles. The Morgan fingerprint density at radius 3 is 2.31 bits per heavy atom. The lowest BCUT2D eigenvalue weighted by Crippen LogP contribution is -2.50. The van der Waals surface area contributed by atoms with E-state index in [1.54, 1.807) is 13.8 Å². The van der Waals surface area contributed by atoms with Gasteiger partial charge in [-0.3, -0.25) is 0 Å². The zero-order valence-corrected chi connectivity index (χ0v) is 10.8. The molecule has 1 aliphatic rings. The summed E-state index contributed by atoms with van der Waals surface area (Å²) >= 11 is 0. The number of hydrogen-bond acceptors (Lipinski definition) is 3. The molecular formula is C10H22N2O3S. The van der Waals surface area contributed by atoms with E-state index in [-0.39, 0.29) is 6.04 Å². The Kier molecular flexibility index (Phi) is 5.17. The van der Waals surface area contributed by atoms with Crippen molar-refractivity contribution in [1.29, 1.82) is 0 Å². The predicted octanol–water partition coefficient (Wildman–Crippen LogP) is 0.466. The van der Waals surface area contributed by atoms with Crippen LogP contribution in [-0.4, -0.2) is 43.1 Å². The molecule has 0 aromatic heterocycles. The Balaban J connectivity index is 2.63. The Morgan fingerprint density at radius 2 is 1.81 bits per heavy atom. The minimum absolute atomic E-state index is 0.320. The first kappa shape index (κ1) is 13.9. The number of aliphatic hydroxyl groups is 1. The van der Waals surface area contributed by atoms with Crippen molar-refractivity contribution in [3.05, 3.63) is 0 Å². The van der Waals surface area contributed by atoms with Crippen LogP contribution in [0.25, 0.3) is 0 Å². The van der Waals surface area contributed by atoms with E-state index in [1.807, 2.05) is 0 Å². The lowest BCUT2D eigenvalue weighted by molar-refractivity contribution is 0.100. The molecule has 0 aromatic rings. The van der Waals surface area contributed by atoms with Crippen molar-refractivity contribution in [2.24, 2.45) is 0 Å². The number of aliphatic hydroxyl groups excluding tert-OH is 1. The molecule has 0 aliphatic heterocycles. The molecule has 1 fully saturated rings. The first-order chi connectivity index (χ1) is 7.51. The molecule has 1 aliphatic carbocycles. The van der Waals surface area contributed by atoms with Gasteiger partial charge in [0.2, 0.25) is 0 Å². The van der Waals surface area contributed by atoms with Gasteiger partial charge in [-0.15, -0.1) is 0 Å². The highest BCUT2D eigenvalue weighted by Gasteiger charge is 2.29. The molecule has 2 atom stereocenters. The van der Waals surface area contributed by atoms with Gasteiger partial charge in [-0.05, 0) is 12.8 Å². The maximum absolute atomic E-state index is 11.9. The molecule has 6 heteroatoms. The van der Waals surface area contributed by atoms with E-state index < -0.39 is 16.3 Å². The number of nitrogens with one attached hydrogen (secondary N) is 1. The Labute approximate surface area is 98.0 Å². The summed E-state index contributed by atoms with van der Waals surface area (Å²) in [5, 5.41) is 9.71. The van der Waals surface area contributed by atoms with Crippen LogP contribution in [0.5, 0.6) is 0 Å². The summed E-state index contributed by atoms with van der Waals surface area (Å²) in [6, 6.07) is -0.320. The van der Waals surface area contributed by atoms with E-state index >= 15 is 0 Å². The largest absolute Gasteiger partial charge is 0.391 e. The van der Waals surface area contributed by atoms with Gasteiger partial charge >= 0.3 is 0 Å². The Bertz CT molecular complexity index is 301. The van der Waals surface area contributed by atoms with Crippen LogP contribution in [-0.2, 0) is 10.2 Å². The SMILES string of the molecule is CCN(CC)S(=O)(=O)NC1CCCCC1O. The zero-order chi connectivity index (χ0) is 12.2. The molecule has 1 saturated carbocycles. The zero-order valence-electron chi connectivity index (χ0n) is 10.0. The highest BCUT2D eigenvalue weighted by molar-refractivity contribution is 7.87. The maximum atomic E-state index is 11.9. The molecule has 0 amide bonds. The van der Waals surface area contributed by atoms with Crippen LogP contribution in [0.15, 0.2) is 0 Å². The number of hydrogen-bond donors (Lipinski definition) is 2. The third-order valence-electron chi connectivity index (χ3n) is 3.08. The van der Waals surface area contributed by atoms with Crippen LogP contribution >= 0.6 is 0 Å². The van der Waals surface area contributed by atoms with Crippen LogP contribution in [0.3, 0.4) is 0 Å². The third-order valence-corrected chi connectivity index (χ3v) is 4.87. The fourth-order valence-corrected chi connectivity index (χ4v) is 3.56. The molecule has 5 nitrogen and oxygen atoms in total. The van der Waals surface area contributed by atoms with Crippen LogP contribution in [0.2, 0.25) is 0 Å². The van der Waals surface area contributed by atoms with E-state index in [4.69, 9.17) is 0 Å². The maximum Gasteiger partial charge on any atom is 0.279 e. The van der Waals surface area contributed by atoms with Crippen molar-refractivity contribution in [1.82, 2.24) is 9.03 Å². The normalized spacial score (nSPS) is 27.2. The van der Waals surface area contributed by atoms with Gasteiger partial charge in [0.05, 0.1) is 6.10 Å². The van der Waals surface area contributed by atoms with Crippen LogP contribution in [0.1, 0.15) is 39.5 Å². The van der Waals surface area contributed by atoms with Crippen LogP contribution in [0.4, 0.5) is 0 Å². The number of nitrogens with zero attached hydrogens (tertiary/aromatic N) is 1. The molecule has 0 aromatic carbocycles. The standard InChI is InChI=1S/C10H22N2O3S/c1-3-12(4-2)16(14,15)11-9-7-5-6-8-10(9)13/h9-11,13H,3-8H2,1-2H3. The summed E-state index contributed by atoms with van der Waals surface area (Å²) in [5.74, 6) is 0. The van der Waals surface area contributed by atoms with Gasteiger partial charge in [0, 0.05) is 19.1 Å². The molecule has 96 valence electrons. The molecule has 2 unspecified atom stereocenters. The number of rotatable bonds is 5. The molecule has 16 heavy (non-hydrogen) atoms. The smallest absolute Gasteiger partial charge is 0.279 e. The van der Waals surface area contributed by atoms with Gasteiger partial charge in [-0.25, -0.2) is 0 Å². The second kappa shape index (κ2) is 5.95. The summed E-state index contributed by atoms with van der Waals surface area (Å²) in [7, 11) is -3.43. The van der Waals surface area contributed by atoms with Gasteiger partial charge < -0.3 is 5.11 Å². The Hall–Kier alpha value is -0.170. The quantitative estimate of drug-likeness (QED) is 0.745. The predicted molar refractivity (Wildman–Crippen MR) is 63.2 cm³/mol. The van der Waals surface area contributed by atoms with Crippen molar-refractivity contribution in [2.45, 2.75) is 51.7 Å². The third kappa shape index (κ3) is 3.41. The fourth-order valence-electron chi connectivity index (χ4n) is 2.08. The summed E-state index contributed by atoms with van der Waals surface area (Å²) in [5.41, 5.74) is 0. The summed E-state index contributed by atoms with van der Waals surface area (Å²) in [6.45, 7) is 4.52. The van der Waals surface area contributed by atoms with Gasteiger partial charge in [0.25, 0.3) is 10.2 Å². The first-order valence-corrected chi connectivity index (χ1v) is 7.40. The summed E-state index contributed by atoms with van der Waals surface area (Å²) < 4.78 is 27.8. The second-order valence-corrected chi connectivity index (χ2v) is 5.87. The van der Waals surface area contributed by atoms with Crippen molar-refractivity contribution >= 4 is 10.2 Å². The first-order valence-electron chi connectivity index (χ1n) is 5.96. The average molecular weight is 250 g/mol. The van der Waals surface area contributed by atoms with Crippen molar-refractivity contribution < 1.29 is 13.5 Å². The second-order valence-electron chi connectivity index (χ2n) is 4.17. The van der Waals surface area contributed by atoms with E-state index in [0.717, 1.165) is 19.3 Å². The monoisotopic (exact) mass is 250 g/mol. The van der Waals surface area contributed by atoms with Crippen molar-refractivity contribution in [3.8, 4) is 0 Å². The molecule has 2 N–H and O–H groups in total.